The normalized spacial score (nSPS) is 17.2. The maximum atomic E-state index is 10.7. The van der Waals surface area contributed by atoms with Crippen LogP contribution in [0.15, 0.2) is 28.8 Å². The second-order valence-corrected chi connectivity index (χ2v) is 6.92. The average Bonchev–Trinajstić information content (AvgIpc) is 3.18. The predicted octanol–water partition coefficient (Wildman–Crippen LogP) is 2.89. The van der Waals surface area contributed by atoms with Crippen LogP contribution in [0.5, 0.6) is 0 Å². The van der Waals surface area contributed by atoms with E-state index >= 15 is 0 Å². The van der Waals surface area contributed by atoms with Crippen molar-refractivity contribution >= 4 is 5.82 Å². The molecule has 1 aliphatic rings. The average molecular weight is 329 g/mol. The molecule has 0 bridgehead atoms. The van der Waals surface area contributed by atoms with Crippen molar-refractivity contribution in [2.45, 2.75) is 45.8 Å². The highest BCUT2D eigenvalue weighted by Crippen LogP contribution is 2.26. The van der Waals surface area contributed by atoms with Crippen LogP contribution in [-0.4, -0.2) is 29.7 Å². The van der Waals surface area contributed by atoms with Gasteiger partial charge in [-0.2, -0.15) is 0 Å². The third-order valence-corrected chi connectivity index (χ3v) is 4.66. The van der Waals surface area contributed by atoms with Crippen LogP contribution in [0, 0.1) is 13.8 Å². The van der Waals surface area contributed by atoms with Crippen molar-refractivity contribution in [2.24, 2.45) is 0 Å². The third kappa shape index (κ3) is 3.79. The van der Waals surface area contributed by atoms with Crippen molar-refractivity contribution in [3.05, 3.63) is 47.0 Å². The van der Waals surface area contributed by atoms with Gasteiger partial charge >= 0.3 is 0 Å². The van der Waals surface area contributed by atoms with E-state index in [-0.39, 0.29) is 0 Å². The summed E-state index contributed by atoms with van der Waals surface area (Å²) in [5.74, 6) is 2.66. The van der Waals surface area contributed by atoms with Gasteiger partial charge in [-0.1, -0.05) is 6.07 Å². The molecule has 0 spiro atoms. The molecular formula is C19H27N3O2. The maximum Gasteiger partial charge on any atom is 0.128 e. The summed E-state index contributed by atoms with van der Waals surface area (Å²) in [6.45, 7) is 8.95. The number of pyridine rings is 1. The fraction of sp³-hybridized carbons (Fsp3) is 0.526. The summed E-state index contributed by atoms with van der Waals surface area (Å²) < 4.78 is 5.52. The highest BCUT2D eigenvalue weighted by molar-refractivity contribution is 5.40. The Morgan fingerprint density at radius 3 is 2.62 bits per heavy atom. The summed E-state index contributed by atoms with van der Waals surface area (Å²) in [5, 5.41) is 14.0. The quantitative estimate of drug-likeness (QED) is 0.853. The molecule has 3 rings (SSSR count). The zero-order valence-electron chi connectivity index (χ0n) is 14.8. The van der Waals surface area contributed by atoms with E-state index in [1.165, 1.54) is 12.8 Å². The van der Waals surface area contributed by atoms with Crippen LogP contribution in [0.4, 0.5) is 5.82 Å². The first-order chi connectivity index (χ1) is 11.5. The first kappa shape index (κ1) is 17.0. The van der Waals surface area contributed by atoms with Crippen LogP contribution in [0.2, 0.25) is 0 Å². The minimum absolute atomic E-state index is 0.459. The van der Waals surface area contributed by atoms with Crippen molar-refractivity contribution in [1.29, 1.82) is 0 Å². The van der Waals surface area contributed by atoms with E-state index in [0.29, 0.717) is 13.1 Å². The number of hydrogen-bond acceptors (Lipinski definition) is 5. The number of furan rings is 1. The standard InChI is InChI=1S/C19H27N3O2/c1-14-10-17(15(2)24-14)19(3,23)13-20-11-16-6-7-18(21-12-16)22-8-4-5-9-22/h6-7,10,12,20,23H,4-5,8-9,11,13H2,1-3H3. The minimum atomic E-state index is -0.954. The van der Waals surface area contributed by atoms with Crippen molar-refractivity contribution in [1.82, 2.24) is 10.3 Å². The molecule has 1 unspecified atom stereocenters. The van der Waals surface area contributed by atoms with Gasteiger partial charge < -0.3 is 19.7 Å². The molecule has 2 aromatic heterocycles. The van der Waals surface area contributed by atoms with Crippen molar-refractivity contribution < 1.29 is 9.52 Å². The van der Waals surface area contributed by atoms with E-state index in [2.05, 4.69) is 27.3 Å². The molecule has 0 saturated carbocycles. The molecular weight excluding hydrogens is 302 g/mol. The Kier molecular flexibility index (Phi) is 4.92. The summed E-state index contributed by atoms with van der Waals surface area (Å²) in [6.07, 6.45) is 4.43. The van der Waals surface area contributed by atoms with Gasteiger partial charge in [0.15, 0.2) is 0 Å². The van der Waals surface area contributed by atoms with E-state index in [4.69, 9.17) is 4.42 Å². The molecule has 1 aliphatic heterocycles. The Morgan fingerprint density at radius 2 is 2.04 bits per heavy atom. The molecule has 2 N–H and O–H groups in total. The molecule has 24 heavy (non-hydrogen) atoms. The van der Waals surface area contributed by atoms with Crippen LogP contribution in [0.25, 0.3) is 0 Å². The number of nitrogens with zero attached hydrogens (tertiary/aromatic N) is 2. The van der Waals surface area contributed by atoms with Crippen molar-refractivity contribution in [3.63, 3.8) is 0 Å². The molecule has 130 valence electrons. The first-order valence-electron chi connectivity index (χ1n) is 8.66. The van der Waals surface area contributed by atoms with Crippen LogP contribution in [0.3, 0.4) is 0 Å². The number of rotatable bonds is 6. The lowest BCUT2D eigenvalue weighted by Gasteiger charge is -2.23. The van der Waals surface area contributed by atoms with Gasteiger partial charge in [0.25, 0.3) is 0 Å². The van der Waals surface area contributed by atoms with Gasteiger partial charge in [0.2, 0.25) is 0 Å². The maximum absolute atomic E-state index is 10.7. The van der Waals surface area contributed by atoms with Crippen molar-refractivity contribution in [3.8, 4) is 0 Å². The van der Waals surface area contributed by atoms with Crippen LogP contribution >= 0.6 is 0 Å². The first-order valence-corrected chi connectivity index (χ1v) is 8.66. The Labute approximate surface area is 143 Å². The molecule has 0 aliphatic carbocycles. The highest BCUT2D eigenvalue weighted by atomic mass is 16.3. The molecule has 5 heteroatoms. The Morgan fingerprint density at radius 1 is 1.29 bits per heavy atom. The number of aromatic nitrogens is 1. The van der Waals surface area contributed by atoms with Crippen LogP contribution in [0.1, 0.15) is 42.4 Å². The number of anilines is 1. The number of aryl methyl sites for hydroxylation is 2. The second kappa shape index (κ2) is 6.95. The predicted molar refractivity (Wildman–Crippen MR) is 95.1 cm³/mol. The van der Waals surface area contributed by atoms with Gasteiger partial charge in [-0.25, -0.2) is 4.98 Å². The molecule has 1 fully saturated rings. The van der Waals surface area contributed by atoms with Gasteiger partial charge in [0, 0.05) is 37.9 Å². The SMILES string of the molecule is Cc1cc(C(C)(O)CNCc2ccc(N3CCCC3)nc2)c(C)o1. The monoisotopic (exact) mass is 329 g/mol. The lowest BCUT2D eigenvalue weighted by Crippen LogP contribution is -2.35. The zero-order valence-corrected chi connectivity index (χ0v) is 14.8. The third-order valence-electron chi connectivity index (χ3n) is 4.66. The van der Waals surface area contributed by atoms with Crippen LogP contribution in [-0.2, 0) is 12.1 Å². The molecule has 2 aromatic rings. The summed E-state index contributed by atoms with van der Waals surface area (Å²) in [7, 11) is 0. The molecule has 3 heterocycles. The summed E-state index contributed by atoms with van der Waals surface area (Å²) in [6, 6.07) is 6.10. The molecule has 0 amide bonds. The van der Waals surface area contributed by atoms with Gasteiger partial charge in [-0.05, 0) is 51.3 Å². The topological polar surface area (TPSA) is 61.5 Å². The van der Waals surface area contributed by atoms with Crippen LogP contribution < -0.4 is 10.2 Å². The van der Waals surface area contributed by atoms with E-state index in [0.717, 1.165) is 41.6 Å². The summed E-state index contributed by atoms with van der Waals surface area (Å²) >= 11 is 0. The lowest BCUT2D eigenvalue weighted by atomic mass is 9.96. The summed E-state index contributed by atoms with van der Waals surface area (Å²) in [5.41, 5.74) is 1.01. The largest absolute Gasteiger partial charge is 0.466 e. The molecule has 0 radical (unpaired) electrons. The highest BCUT2D eigenvalue weighted by Gasteiger charge is 2.27. The lowest BCUT2D eigenvalue weighted by molar-refractivity contribution is 0.0552. The molecule has 5 nitrogen and oxygen atoms in total. The van der Waals surface area contributed by atoms with Crippen molar-refractivity contribution in [2.75, 3.05) is 24.5 Å². The fourth-order valence-corrected chi connectivity index (χ4v) is 3.37. The van der Waals surface area contributed by atoms with Gasteiger partial charge in [-0.3, -0.25) is 0 Å². The van der Waals surface area contributed by atoms with E-state index < -0.39 is 5.60 Å². The fourth-order valence-electron chi connectivity index (χ4n) is 3.37. The molecule has 1 saturated heterocycles. The van der Waals surface area contributed by atoms with E-state index in [9.17, 15) is 5.11 Å². The zero-order chi connectivity index (χ0) is 17.2. The molecule has 1 atom stereocenters. The van der Waals surface area contributed by atoms with Gasteiger partial charge in [0.1, 0.15) is 22.9 Å². The summed E-state index contributed by atoms with van der Waals surface area (Å²) in [4.78, 5) is 6.89. The van der Waals surface area contributed by atoms with Gasteiger partial charge in [-0.15, -0.1) is 0 Å². The number of hydrogen-bond donors (Lipinski definition) is 2. The minimum Gasteiger partial charge on any atom is -0.466 e. The van der Waals surface area contributed by atoms with E-state index in [1.54, 1.807) is 0 Å². The second-order valence-electron chi connectivity index (χ2n) is 6.92. The van der Waals surface area contributed by atoms with Gasteiger partial charge in [0.05, 0.1) is 0 Å². The Hall–Kier alpha value is -1.85. The number of nitrogens with one attached hydrogen (secondary N) is 1. The van der Waals surface area contributed by atoms with E-state index in [1.807, 2.05) is 33.0 Å². The smallest absolute Gasteiger partial charge is 0.128 e. The molecule has 0 aromatic carbocycles. The Balaban J connectivity index is 1.54. The number of aliphatic hydroxyl groups is 1. The Bertz CT molecular complexity index is 670.